The van der Waals surface area contributed by atoms with Gasteiger partial charge in [-0.15, -0.1) is 6.58 Å². The Morgan fingerprint density at radius 3 is 2.67 bits per heavy atom. The topological polar surface area (TPSA) is 9.23 Å². The Morgan fingerprint density at radius 2 is 2.13 bits per heavy atom. The molecule has 0 aromatic heterocycles. The Hall–Kier alpha value is -0.933. The molecular weight excluding hydrogens is 207 g/mol. The molecule has 0 fully saturated rings. The maximum absolute atomic E-state index is 13.5. The predicted octanol–water partition coefficient (Wildman–Crippen LogP) is 3.44. The second kappa shape index (κ2) is 5.83. The van der Waals surface area contributed by atoms with Gasteiger partial charge in [0.05, 0.1) is 6.10 Å². The van der Waals surface area contributed by atoms with Gasteiger partial charge in [0.1, 0.15) is 5.82 Å². The van der Waals surface area contributed by atoms with E-state index in [9.17, 15) is 4.39 Å². The van der Waals surface area contributed by atoms with E-state index in [1.54, 1.807) is 18.2 Å². The minimum atomic E-state index is -1.16. The first kappa shape index (κ1) is 12.1. The molecule has 0 aliphatic heterocycles. The minimum absolute atomic E-state index is 0.171. The van der Waals surface area contributed by atoms with Crippen LogP contribution >= 0.6 is 0 Å². The highest BCUT2D eigenvalue weighted by atomic mass is 28.3. The van der Waals surface area contributed by atoms with Gasteiger partial charge in [-0.25, -0.2) is 4.39 Å². The summed E-state index contributed by atoms with van der Waals surface area (Å²) in [6, 6.07) is 6.77. The third kappa shape index (κ3) is 3.61. The van der Waals surface area contributed by atoms with Crippen molar-refractivity contribution < 1.29 is 8.82 Å². The fraction of sp³-hybridized carbons (Fsp3) is 0.333. The number of hydrogen-bond donors (Lipinski definition) is 0. The fourth-order valence-electron chi connectivity index (χ4n) is 1.47. The molecule has 82 valence electrons. The molecule has 1 aromatic carbocycles. The Bertz CT molecular complexity index is 325. The first-order valence-corrected chi connectivity index (χ1v) is 7.94. The van der Waals surface area contributed by atoms with Gasteiger partial charge in [-0.1, -0.05) is 24.3 Å². The van der Waals surface area contributed by atoms with Crippen molar-refractivity contribution in [1.29, 1.82) is 0 Å². The van der Waals surface area contributed by atoms with E-state index >= 15 is 0 Å². The van der Waals surface area contributed by atoms with Gasteiger partial charge in [0, 0.05) is 5.56 Å². The molecule has 0 spiro atoms. The minimum Gasteiger partial charge on any atom is -0.413 e. The van der Waals surface area contributed by atoms with E-state index < -0.39 is 9.04 Å². The molecule has 1 rings (SSSR count). The second-order valence-electron chi connectivity index (χ2n) is 3.72. The third-order valence-electron chi connectivity index (χ3n) is 2.07. The van der Waals surface area contributed by atoms with Crippen molar-refractivity contribution in [1.82, 2.24) is 0 Å². The molecule has 1 nitrogen and oxygen atoms in total. The molecule has 1 aromatic rings. The molecule has 1 unspecified atom stereocenters. The average Bonchev–Trinajstić information content (AvgIpc) is 2.17. The van der Waals surface area contributed by atoms with Gasteiger partial charge in [-0.2, -0.15) is 0 Å². The maximum Gasteiger partial charge on any atom is 0.171 e. The van der Waals surface area contributed by atoms with Gasteiger partial charge in [0.15, 0.2) is 9.04 Å². The molecule has 15 heavy (non-hydrogen) atoms. The second-order valence-corrected chi connectivity index (χ2v) is 6.09. The van der Waals surface area contributed by atoms with E-state index in [-0.39, 0.29) is 11.9 Å². The van der Waals surface area contributed by atoms with Crippen molar-refractivity contribution in [2.75, 3.05) is 0 Å². The normalized spacial score (nSPS) is 12.8. The van der Waals surface area contributed by atoms with Crippen LogP contribution in [0.2, 0.25) is 13.1 Å². The standard InChI is InChI=1S/C12H17FOSi/c1-4-7-12(14-15(2)3)10-8-5-6-9-11(10)13/h4-6,8-9,12,15H,1,7H2,2-3H3. The molecule has 0 saturated carbocycles. The van der Waals surface area contributed by atoms with E-state index in [4.69, 9.17) is 4.43 Å². The molecule has 0 aliphatic rings. The van der Waals surface area contributed by atoms with Gasteiger partial charge in [-0.05, 0) is 25.6 Å². The van der Waals surface area contributed by atoms with Crippen LogP contribution in [0, 0.1) is 5.82 Å². The molecular formula is C12H17FOSi. The first-order chi connectivity index (χ1) is 7.15. The van der Waals surface area contributed by atoms with Crippen LogP contribution in [0.1, 0.15) is 18.1 Å². The predicted molar refractivity (Wildman–Crippen MR) is 63.9 cm³/mol. The van der Waals surface area contributed by atoms with E-state index in [1.807, 2.05) is 6.07 Å². The lowest BCUT2D eigenvalue weighted by Gasteiger charge is -2.19. The Kier molecular flexibility index (Phi) is 4.72. The first-order valence-electron chi connectivity index (χ1n) is 5.16. The molecule has 0 amide bonds. The maximum atomic E-state index is 13.5. The summed E-state index contributed by atoms with van der Waals surface area (Å²) in [6.07, 6.45) is 2.26. The lowest BCUT2D eigenvalue weighted by molar-refractivity contribution is 0.207. The summed E-state index contributed by atoms with van der Waals surface area (Å²) in [4.78, 5) is 0. The number of benzene rings is 1. The summed E-state index contributed by atoms with van der Waals surface area (Å²) in [5, 5.41) is 0. The van der Waals surface area contributed by atoms with Crippen LogP contribution in [0.3, 0.4) is 0 Å². The van der Waals surface area contributed by atoms with Crippen LogP contribution < -0.4 is 0 Å². The largest absolute Gasteiger partial charge is 0.413 e. The van der Waals surface area contributed by atoms with Crippen LogP contribution in [-0.4, -0.2) is 9.04 Å². The van der Waals surface area contributed by atoms with Crippen LogP contribution in [-0.2, 0) is 4.43 Å². The van der Waals surface area contributed by atoms with Gasteiger partial charge < -0.3 is 4.43 Å². The highest BCUT2D eigenvalue weighted by molar-refractivity contribution is 6.48. The quantitative estimate of drug-likeness (QED) is 0.550. The van der Waals surface area contributed by atoms with Crippen molar-refractivity contribution in [2.45, 2.75) is 25.6 Å². The van der Waals surface area contributed by atoms with E-state index in [0.29, 0.717) is 12.0 Å². The van der Waals surface area contributed by atoms with Crippen molar-refractivity contribution >= 4 is 9.04 Å². The zero-order valence-corrected chi connectivity index (χ0v) is 10.4. The summed E-state index contributed by atoms with van der Waals surface area (Å²) in [7, 11) is -1.16. The van der Waals surface area contributed by atoms with Crippen molar-refractivity contribution in [3.05, 3.63) is 48.3 Å². The summed E-state index contributed by atoms with van der Waals surface area (Å²) in [5.74, 6) is -0.195. The van der Waals surface area contributed by atoms with E-state index in [1.165, 1.54) is 6.07 Å². The molecule has 0 radical (unpaired) electrons. The molecule has 0 saturated heterocycles. The zero-order valence-electron chi connectivity index (χ0n) is 9.24. The van der Waals surface area contributed by atoms with Crippen LogP contribution in [0.25, 0.3) is 0 Å². The van der Waals surface area contributed by atoms with Gasteiger partial charge in [-0.3, -0.25) is 0 Å². The average molecular weight is 224 g/mol. The summed E-state index contributed by atoms with van der Waals surface area (Å²) in [6.45, 7) is 7.84. The Labute approximate surface area is 92.3 Å². The molecule has 0 aliphatic carbocycles. The number of rotatable bonds is 5. The highest BCUT2D eigenvalue weighted by Gasteiger charge is 2.15. The SMILES string of the molecule is C=CCC(O[SiH](C)C)c1ccccc1F. The van der Waals surface area contributed by atoms with Crippen molar-refractivity contribution in [3.8, 4) is 0 Å². The van der Waals surface area contributed by atoms with E-state index in [0.717, 1.165) is 0 Å². The Balaban J connectivity index is 2.88. The smallest absolute Gasteiger partial charge is 0.171 e. The van der Waals surface area contributed by atoms with Crippen molar-refractivity contribution in [3.63, 3.8) is 0 Å². The molecule has 0 heterocycles. The third-order valence-corrected chi connectivity index (χ3v) is 2.94. The molecule has 3 heteroatoms. The number of hydrogen-bond acceptors (Lipinski definition) is 1. The zero-order chi connectivity index (χ0) is 11.3. The Morgan fingerprint density at radius 1 is 1.47 bits per heavy atom. The van der Waals surface area contributed by atoms with Gasteiger partial charge in [0.2, 0.25) is 0 Å². The highest BCUT2D eigenvalue weighted by Crippen LogP contribution is 2.24. The van der Waals surface area contributed by atoms with Crippen LogP contribution in [0.5, 0.6) is 0 Å². The van der Waals surface area contributed by atoms with Crippen molar-refractivity contribution in [2.24, 2.45) is 0 Å². The molecule has 1 atom stereocenters. The summed E-state index contributed by atoms with van der Waals surface area (Å²) in [5.41, 5.74) is 0.638. The van der Waals surface area contributed by atoms with Gasteiger partial charge in [0.25, 0.3) is 0 Å². The molecule has 0 bridgehead atoms. The van der Waals surface area contributed by atoms with Crippen LogP contribution in [0.15, 0.2) is 36.9 Å². The number of halogens is 1. The summed E-state index contributed by atoms with van der Waals surface area (Å²) < 4.78 is 19.3. The van der Waals surface area contributed by atoms with Gasteiger partial charge >= 0.3 is 0 Å². The lowest BCUT2D eigenvalue weighted by Crippen LogP contribution is -2.14. The summed E-state index contributed by atoms with van der Waals surface area (Å²) >= 11 is 0. The lowest BCUT2D eigenvalue weighted by atomic mass is 10.1. The monoisotopic (exact) mass is 224 g/mol. The fourth-order valence-corrected chi connectivity index (χ4v) is 2.39. The van der Waals surface area contributed by atoms with Crippen LogP contribution in [0.4, 0.5) is 4.39 Å². The molecule has 0 N–H and O–H groups in total. The van der Waals surface area contributed by atoms with E-state index in [2.05, 4.69) is 19.7 Å².